The first-order valence-corrected chi connectivity index (χ1v) is 3.99. The third kappa shape index (κ3) is 0.654. The van der Waals surface area contributed by atoms with Crippen LogP contribution in [0.4, 0.5) is 0 Å². The van der Waals surface area contributed by atoms with Crippen LogP contribution in [0.3, 0.4) is 0 Å². The van der Waals surface area contributed by atoms with Gasteiger partial charge in [-0.25, -0.2) is 0 Å². The Labute approximate surface area is 57.0 Å². The van der Waals surface area contributed by atoms with Crippen molar-refractivity contribution in [2.75, 3.05) is 0 Å². The lowest BCUT2D eigenvalue weighted by Gasteiger charge is -2.00. The van der Waals surface area contributed by atoms with Gasteiger partial charge in [0.2, 0.25) is 0 Å². The molecule has 2 unspecified atom stereocenters. The molecule has 2 saturated carbocycles. The molecule has 0 bridgehead atoms. The second kappa shape index (κ2) is 1.62. The first-order chi connectivity index (χ1) is 4.33. The van der Waals surface area contributed by atoms with Crippen LogP contribution >= 0.6 is 0 Å². The van der Waals surface area contributed by atoms with Crippen molar-refractivity contribution in [2.45, 2.75) is 26.7 Å². The summed E-state index contributed by atoms with van der Waals surface area (Å²) in [7, 11) is 0. The Morgan fingerprint density at radius 1 is 1.33 bits per heavy atom. The smallest absolute Gasteiger partial charge is 0.0132 e. The minimum Gasteiger partial charge on any atom is -0.0879 e. The minimum atomic E-state index is 1.02. The lowest BCUT2D eigenvalue weighted by atomic mass is 10.1. The molecule has 2 atom stereocenters. The van der Waals surface area contributed by atoms with Gasteiger partial charge in [-0.15, -0.1) is 0 Å². The maximum Gasteiger partial charge on any atom is -0.0132 e. The molecule has 0 saturated heterocycles. The zero-order valence-corrected chi connectivity index (χ0v) is 6.22. The molecule has 50 valence electrons. The summed E-state index contributed by atoms with van der Waals surface area (Å²) in [5.41, 5.74) is 1.76. The van der Waals surface area contributed by atoms with Gasteiger partial charge in [-0.3, -0.25) is 0 Å². The molecule has 2 aliphatic carbocycles. The van der Waals surface area contributed by atoms with E-state index in [4.69, 9.17) is 0 Å². The van der Waals surface area contributed by atoms with E-state index < -0.39 is 0 Å². The minimum absolute atomic E-state index is 1.02. The SMILES string of the molecule is CC=C1C2CC(C)CC12. The predicted molar refractivity (Wildman–Crippen MR) is 39.1 cm³/mol. The fraction of sp³-hybridized carbons (Fsp3) is 0.778. The topological polar surface area (TPSA) is 0 Å². The van der Waals surface area contributed by atoms with Crippen LogP contribution in [-0.2, 0) is 0 Å². The summed E-state index contributed by atoms with van der Waals surface area (Å²) in [6.45, 7) is 4.55. The van der Waals surface area contributed by atoms with Gasteiger partial charge in [0, 0.05) is 0 Å². The molecule has 0 aromatic heterocycles. The Kier molecular flexibility index (Phi) is 0.992. The van der Waals surface area contributed by atoms with Crippen molar-refractivity contribution in [1.29, 1.82) is 0 Å². The summed E-state index contributed by atoms with van der Waals surface area (Å²) in [6.07, 6.45) is 5.27. The largest absolute Gasteiger partial charge is 0.0879 e. The molecule has 2 rings (SSSR count). The monoisotopic (exact) mass is 122 g/mol. The van der Waals surface area contributed by atoms with Crippen molar-refractivity contribution in [2.24, 2.45) is 17.8 Å². The van der Waals surface area contributed by atoms with Crippen LogP contribution in [0.1, 0.15) is 26.7 Å². The van der Waals surface area contributed by atoms with E-state index in [1.54, 1.807) is 5.57 Å². The van der Waals surface area contributed by atoms with Crippen LogP contribution in [0.2, 0.25) is 0 Å². The molecule has 0 N–H and O–H groups in total. The Morgan fingerprint density at radius 2 is 1.89 bits per heavy atom. The predicted octanol–water partition coefficient (Wildman–Crippen LogP) is 2.61. The normalized spacial score (nSPS) is 46.9. The van der Waals surface area contributed by atoms with Gasteiger partial charge in [-0.1, -0.05) is 18.6 Å². The van der Waals surface area contributed by atoms with Gasteiger partial charge in [0.05, 0.1) is 0 Å². The van der Waals surface area contributed by atoms with Gasteiger partial charge >= 0.3 is 0 Å². The highest BCUT2D eigenvalue weighted by molar-refractivity contribution is 5.31. The van der Waals surface area contributed by atoms with E-state index in [0.29, 0.717) is 0 Å². The van der Waals surface area contributed by atoms with E-state index in [1.165, 1.54) is 12.8 Å². The summed E-state index contributed by atoms with van der Waals surface area (Å²) in [6, 6.07) is 0. The average molecular weight is 122 g/mol. The quantitative estimate of drug-likeness (QED) is 0.433. The fourth-order valence-corrected chi connectivity index (χ4v) is 2.40. The molecule has 9 heavy (non-hydrogen) atoms. The van der Waals surface area contributed by atoms with Crippen LogP contribution in [-0.4, -0.2) is 0 Å². The van der Waals surface area contributed by atoms with E-state index in [-0.39, 0.29) is 0 Å². The van der Waals surface area contributed by atoms with Crippen molar-refractivity contribution in [3.63, 3.8) is 0 Å². The molecule has 0 spiro atoms. The van der Waals surface area contributed by atoms with Gasteiger partial charge < -0.3 is 0 Å². The molecular formula is C9H14. The molecule has 0 radical (unpaired) electrons. The van der Waals surface area contributed by atoms with Crippen LogP contribution < -0.4 is 0 Å². The van der Waals surface area contributed by atoms with E-state index in [0.717, 1.165) is 17.8 Å². The lowest BCUT2D eigenvalue weighted by molar-refractivity contribution is 0.563. The van der Waals surface area contributed by atoms with Gasteiger partial charge in [0.25, 0.3) is 0 Å². The molecule has 0 heterocycles. The average Bonchev–Trinajstić information content (AvgIpc) is 2.30. The number of rotatable bonds is 0. The van der Waals surface area contributed by atoms with Crippen molar-refractivity contribution < 1.29 is 0 Å². The van der Waals surface area contributed by atoms with E-state index >= 15 is 0 Å². The third-order valence-electron chi connectivity index (χ3n) is 2.88. The first kappa shape index (κ1) is 5.52. The summed E-state index contributed by atoms with van der Waals surface area (Å²) in [4.78, 5) is 0. The molecule has 2 fully saturated rings. The highest BCUT2D eigenvalue weighted by Crippen LogP contribution is 2.58. The van der Waals surface area contributed by atoms with Crippen LogP contribution in [0, 0.1) is 17.8 Å². The first-order valence-electron chi connectivity index (χ1n) is 3.99. The number of hydrogen-bond acceptors (Lipinski definition) is 0. The molecule has 0 aromatic rings. The Balaban J connectivity index is 2.06. The van der Waals surface area contributed by atoms with Crippen LogP contribution in [0.25, 0.3) is 0 Å². The number of hydrogen-bond donors (Lipinski definition) is 0. The highest BCUT2D eigenvalue weighted by atomic mass is 14.5. The number of allylic oxidation sites excluding steroid dienone is 2. The Morgan fingerprint density at radius 3 is 2.33 bits per heavy atom. The molecule has 0 heteroatoms. The zero-order chi connectivity index (χ0) is 6.43. The Hall–Kier alpha value is -0.260. The van der Waals surface area contributed by atoms with Crippen molar-refractivity contribution >= 4 is 0 Å². The summed E-state index contributed by atoms with van der Waals surface area (Å²) in [5.74, 6) is 3.08. The van der Waals surface area contributed by atoms with Gasteiger partial charge in [-0.05, 0) is 37.5 Å². The van der Waals surface area contributed by atoms with E-state index in [9.17, 15) is 0 Å². The standard InChI is InChI=1S/C9H14/c1-3-7-8-4-6(2)5-9(7)8/h3,6,8-9H,4-5H2,1-2H3. The van der Waals surface area contributed by atoms with Crippen LogP contribution in [0.5, 0.6) is 0 Å². The van der Waals surface area contributed by atoms with E-state index in [1.807, 2.05) is 0 Å². The highest BCUT2D eigenvalue weighted by Gasteiger charge is 2.48. The maximum atomic E-state index is 2.37. The van der Waals surface area contributed by atoms with Crippen LogP contribution in [0.15, 0.2) is 11.6 Å². The fourth-order valence-electron chi connectivity index (χ4n) is 2.40. The van der Waals surface area contributed by atoms with Gasteiger partial charge in [-0.2, -0.15) is 0 Å². The Bertz CT molecular complexity index is 141. The number of fused-ring (bicyclic) bond motifs is 1. The molecular weight excluding hydrogens is 108 g/mol. The van der Waals surface area contributed by atoms with Crippen molar-refractivity contribution in [1.82, 2.24) is 0 Å². The maximum absolute atomic E-state index is 2.37. The zero-order valence-electron chi connectivity index (χ0n) is 6.22. The van der Waals surface area contributed by atoms with Crippen molar-refractivity contribution in [3.05, 3.63) is 11.6 Å². The molecule has 0 nitrogen and oxygen atoms in total. The second-order valence-corrected chi connectivity index (χ2v) is 3.58. The molecule has 0 amide bonds. The molecule has 0 aromatic carbocycles. The van der Waals surface area contributed by atoms with Gasteiger partial charge in [0.15, 0.2) is 0 Å². The van der Waals surface area contributed by atoms with E-state index in [2.05, 4.69) is 19.9 Å². The molecule has 0 aliphatic heterocycles. The summed E-state index contributed by atoms with van der Waals surface area (Å²) < 4.78 is 0. The van der Waals surface area contributed by atoms with Crippen molar-refractivity contribution in [3.8, 4) is 0 Å². The lowest BCUT2D eigenvalue weighted by Crippen LogP contribution is -1.88. The second-order valence-electron chi connectivity index (χ2n) is 3.58. The third-order valence-corrected chi connectivity index (χ3v) is 2.88. The summed E-state index contributed by atoms with van der Waals surface area (Å²) >= 11 is 0. The molecule has 2 aliphatic rings. The summed E-state index contributed by atoms with van der Waals surface area (Å²) in [5, 5.41) is 0. The van der Waals surface area contributed by atoms with Gasteiger partial charge in [0.1, 0.15) is 0 Å².